The number of carbonyl (C=O) groups is 2. The number of hydrogen-bond acceptors (Lipinski definition) is 3. The summed E-state index contributed by atoms with van der Waals surface area (Å²) in [6.45, 7) is 4.20. The molecule has 0 bridgehead atoms. The number of rotatable bonds is 7. The molecule has 2 aromatic carbocycles. The highest BCUT2D eigenvalue weighted by molar-refractivity contribution is 6.02. The van der Waals surface area contributed by atoms with Gasteiger partial charge in [0.25, 0.3) is 0 Å². The first-order valence-corrected chi connectivity index (χ1v) is 8.16. The highest BCUT2D eigenvalue weighted by Crippen LogP contribution is 2.15. The Balaban J connectivity index is 1.88. The number of ether oxygens (including phenoxy) is 1. The Hall–Kier alpha value is -3.08. The van der Waals surface area contributed by atoms with Crippen LogP contribution in [0.25, 0.3) is 6.08 Å². The van der Waals surface area contributed by atoms with E-state index < -0.39 is 0 Å². The summed E-state index contributed by atoms with van der Waals surface area (Å²) < 4.78 is 5.52. The molecule has 0 heterocycles. The summed E-state index contributed by atoms with van der Waals surface area (Å²) >= 11 is 0. The molecule has 2 amide bonds. The van der Waals surface area contributed by atoms with E-state index in [2.05, 4.69) is 17.6 Å². The average Bonchev–Trinajstić information content (AvgIpc) is 2.60. The first-order chi connectivity index (χ1) is 12.1. The molecule has 0 aliphatic heterocycles. The molecular formula is C20H22N2O3. The summed E-state index contributed by atoms with van der Waals surface area (Å²) in [7, 11) is 0. The van der Waals surface area contributed by atoms with Gasteiger partial charge in [0, 0.05) is 24.4 Å². The van der Waals surface area contributed by atoms with Gasteiger partial charge >= 0.3 is 0 Å². The molecule has 0 aliphatic carbocycles. The maximum atomic E-state index is 12.0. The molecule has 0 radical (unpaired) electrons. The Morgan fingerprint density at radius 1 is 0.960 bits per heavy atom. The average molecular weight is 338 g/mol. The van der Waals surface area contributed by atoms with Crippen molar-refractivity contribution in [2.75, 3.05) is 17.2 Å². The van der Waals surface area contributed by atoms with Gasteiger partial charge in [-0.25, -0.2) is 0 Å². The number of nitrogens with one attached hydrogen (secondary N) is 2. The van der Waals surface area contributed by atoms with Crippen molar-refractivity contribution in [2.45, 2.75) is 20.3 Å². The van der Waals surface area contributed by atoms with Crippen molar-refractivity contribution in [3.8, 4) is 5.75 Å². The second kappa shape index (κ2) is 9.27. The van der Waals surface area contributed by atoms with Gasteiger partial charge in [-0.05, 0) is 54.5 Å². The molecule has 0 fully saturated rings. The van der Waals surface area contributed by atoms with Crippen molar-refractivity contribution >= 4 is 29.3 Å². The minimum absolute atomic E-state index is 0.133. The van der Waals surface area contributed by atoms with E-state index in [9.17, 15) is 9.59 Å². The van der Waals surface area contributed by atoms with Gasteiger partial charge in [0.05, 0.1) is 6.61 Å². The summed E-state index contributed by atoms with van der Waals surface area (Å²) in [5.74, 6) is 0.465. The molecule has 5 nitrogen and oxygen atoms in total. The van der Waals surface area contributed by atoms with E-state index in [1.54, 1.807) is 30.3 Å². The maximum absolute atomic E-state index is 12.0. The first-order valence-electron chi connectivity index (χ1n) is 8.16. The zero-order valence-corrected chi connectivity index (χ0v) is 14.4. The van der Waals surface area contributed by atoms with Crippen LogP contribution in [-0.4, -0.2) is 18.4 Å². The summed E-state index contributed by atoms with van der Waals surface area (Å²) in [5.41, 5.74) is 2.26. The Labute approximate surface area is 147 Å². The smallest absolute Gasteiger partial charge is 0.248 e. The summed E-state index contributed by atoms with van der Waals surface area (Å²) in [5, 5.41) is 5.44. The summed E-state index contributed by atoms with van der Waals surface area (Å²) in [6.07, 6.45) is 4.18. The topological polar surface area (TPSA) is 67.4 Å². The third-order valence-corrected chi connectivity index (χ3v) is 3.25. The highest BCUT2D eigenvalue weighted by atomic mass is 16.5. The zero-order valence-electron chi connectivity index (χ0n) is 14.4. The molecule has 5 heteroatoms. The van der Waals surface area contributed by atoms with Gasteiger partial charge in [-0.15, -0.1) is 0 Å². The van der Waals surface area contributed by atoms with Crippen molar-refractivity contribution in [1.29, 1.82) is 0 Å². The molecule has 2 aromatic rings. The van der Waals surface area contributed by atoms with Crippen molar-refractivity contribution in [2.24, 2.45) is 0 Å². The van der Waals surface area contributed by atoms with E-state index in [0.717, 1.165) is 17.7 Å². The quantitative estimate of drug-likeness (QED) is 0.747. The van der Waals surface area contributed by atoms with Gasteiger partial charge in [0.15, 0.2) is 0 Å². The molecule has 0 saturated carbocycles. The highest BCUT2D eigenvalue weighted by Gasteiger charge is 2.00. The molecule has 2 N–H and O–H groups in total. The molecule has 130 valence electrons. The lowest BCUT2D eigenvalue weighted by atomic mass is 10.2. The third kappa shape index (κ3) is 6.51. The van der Waals surface area contributed by atoms with Gasteiger partial charge < -0.3 is 15.4 Å². The SMILES string of the molecule is CCCOc1ccc(C=CC(=O)Nc2ccc(NC(C)=O)cc2)cc1. The predicted octanol–water partition coefficient (Wildman–Crippen LogP) is 4.09. The van der Waals surface area contributed by atoms with Gasteiger partial charge in [-0.1, -0.05) is 19.1 Å². The van der Waals surface area contributed by atoms with Crippen LogP contribution < -0.4 is 15.4 Å². The number of carbonyl (C=O) groups excluding carboxylic acids is 2. The van der Waals surface area contributed by atoms with Crippen LogP contribution >= 0.6 is 0 Å². The Morgan fingerprint density at radius 2 is 1.56 bits per heavy atom. The molecular weight excluding hydrogens is 316 g/mol. The Bertz CT molecular complexity index is 735. The largest absolute Gasteiger partial charge is 0.494 e. The van der Waals surface area contributed by atoms with Crippen molar-refractivity contribution < 1.29 is 14.3 Å². The lowest BCUT2D eigenvalue weighted by Crippen LogP contribution is -2.08. The minimum atomic E-state index is -0.224. The molecule has 0 atom stereocenters. The lowest BCUT2D eigenvalue weighted by molar-refractivity contribution is -0.114. The van der Waals surface area contributed by atoms with Gasteiger partial charge in [0.2, 0.25) is 11.8 Å². The predicted molar refractivity (Wildman–Crippen MR) is 101 cm³/mol. The van der Waals surface area contributed by atoms with Crippen LogP contribution in [-0.2, 0) is 9.59 Å². The molecule has 2 rings (SSSR count). The third-order valence-electron chi connectivity index (χ3n) is 3.25. The zero-order chi connectivity index (χ0) is 18.1. The van der Waals surface area contributed by atoms with Crippen LogP contribution in [0.5, 0.6) is 5.75 Å². The minimum Gasteiger partial charge on any atom is -0.494 e. The van der Waals surface area contributed by atoms with Gasteiger partial charge in [0.1, 0.15) is 5.75 Å². The van der Waals surface area contributed by atoms with E-state index in [-0.39, 0.29) is 11.8 Å². The Kier molecular flexibility index (Phi) is 6.77. The van der Waals surface area contributed by atoms with Crippen molar-refractivity contribution in [1.82, 2.24) is 0 Å². The van der Waals surface area contributed by atoms with Crippen LogP contribution in [0.15, 0.2) is 54.6 Å². The molecule has 0 spiro atoms. The van der Waals surface area contributed by atoms with Crippen LogP contribution in [0.1, 0.15) is 25.8 Å². The van der Waals surface area contributed by atoms with E-state index in [1.807, 2.05) is 24.3 Å². The Morgan fingerprint density at radius 3 is 2.12 bits per heavy atom. The first kappa shape index (κ1) is 18.3. The number of benzene rings is 2. The lowest BCUT2D eigenvalue weighted by Gasteiger charge is -2.05. The van der Waals surface area contributed by atoms with Crippen molar-refractivity contribution in [3.63, 3.8) is 0 Å². The van der Waals surface area contributed by atoms with Crippen LogP contribution in [0.2, 0.25) is 0 Å². The normalized spacial score (nSPS) is 10.5. The standard InChI is InChI=1S/C20H22N2O3/c1-3-14-25-19-11-4-16(5-12-19)6-13-20(24)22-18-9-7-17(8-10-18)21-15(2)23/h4-13H,3,14H2,1-2H3,(H,21,23)(H,22,24). The van der Waals surface area contributed by atoms with Crippen LogP contribution in [0.3, 0.4) is 0 Å². The molecule has 0 aromatic heterocycles. The van der Waals surface area contributed by atoms with E-state index in [4.69, 9.17) is 4.74 Å². The fourth-order valence-electron chi connectivity index (χ4n) is 2.09. The maximum Gasteiger partial charge on any atom is 0.248 e. The molecule has 25 heavy (non-hydrogen) atoms. The number of hydrogen-bond donors (Lipinski definition) is 2. The second-order valence-electron chi connectivity index (χ2n) is 5.50. The van der Waals surface area contributed by atoms with Gasteiger partial charge in [-0.3, -0.25) is 9.59 Å². The van der Waals surface area contributed by atoms with E-state index in [1.165, 1.54) is 13.0 Å². The summed E-state index contributed by atoms with van der Waals surface area (Å²) in [6, 6.07) is 14.5. The van der Waals surface area contributed by atoms with E-state index in [0.29, 0.717) is 18.0 Å². The number of amides is 2. The van der Waals surface area contributed by atoms with E-state index >= 15 is 0 Å². The van der Waals surface area contributed by atoms with Crippen LogP contribution in [0.4, 0.5) is 11.4 Å². The molecule has 0 aliphatic rings. The summed E-state index contributed by atoms with van der Waals surface area (Å²) in [4.78, 5) is 22.9. The molecule has 0 saturated heterocycles. The second-order valence-corrected chi connectivity index (χ2v) is 5.50. The van der Waals surface area contributed by atoms with Crippen molar-refractivity contribution in [3.05, 3.63) is 60.2 Å². The molecule has 0 unspecified atom stereocenters. The van der Waals surface area contributed by atoms with Crippen LogP contribution in [0, 0.1) is 0 Å². The monoisotopic (exact) mass is 338 g/mol. The number of anilines is 2. The fourth-order valence-corrected chi connectivity index (χ4v) is 2.09. The van der Waals surface area contributed by atoms with Gasteiger partial charge in [-0.2, -0.15) is 0 Å². The fraction of sp³-hybridized carbons (Fsp3) is 0.200.